The van der Waals surface area contributed by atoms with Crippen LogP contribution in [-0.2, 0) is 4.74 Å². The predicted molar refractivity (Wildman–Crippen MR) is 51.0 cm³/mol. The third-order valence-corrected chi connectivity index (χ3v) is 1.92. The highest BCUT2D eigenvalue weighted by Crippen LogP contribution is 2.25. The van der Waals surface area contributed by atoms with Gasteiger partial charge in [-0.2, -0.15) is 0 Å². The van der Waals surface area contributed by atoms with Crippen molar-refractivity contribution in [2.24, 2.45) is 0 Å². The Kier molecular flexibility index (Phi) is 6.85. The summed E-state index contributed by atoms with van der Waals surface area (Å²) >= 11 is 0. The van der Waals surface area contributed by atoms with Crippen molar-refractivity contribution in [1.29, 1.82) is 0 Å². The van der Waals surface area contributed by atoms with E-state index in [1.165, 1.54) is 0 Å². The molecule has 0 aliphatic carbocycles. The minimum absolute atomic E-state index is 1.32. The first kappa shape index (κ1) is 17.7. The van der Waals surface area contributed by atoms with Crippen LogP contribution < -0.4 is 0 Å². The molecule has 0 saturated carbocycles. The first-order valence-electron chi connectivity index (χ1n) is 4.77. The van der Waals surface area contributed by atoms with Gasteiger partial charge < -0.3 is 4.74 Å². The van der Waals surface area contributed by atoms with Gasteiger partial charge in [-0.3, -0.25) is 0 Å². The SMILES string of the molecule is C=C(OC(=C)C(F)C(F)C(F)F)C(F)C(F)C(F)F. The minimum atomic E-state index is -3.69. The lowest BCUT2D eigenvalue weighted by Crippen LogP contribution is -2.30. The lowest BCUT2D eigenvalue weighted by molar-refractivity contribution is -0.0142. The molecule has 0 N–H and O–H groups in total. The van der Waals surface area contributed by atoms with E-state index >= 15 is 0 Å². The van der Waals surface area contributed by atoms with Crippen molar-refractivity contribution in [3.63, 3.8) is 0 Å². The highest BCUT2D eigenvalue weighted by atomic mass is 19.3. The third kappa shape index (κ3) is 5.07. The van der Waals surface area contributed by atoms with Gasteiger partial charge in [-0.15, -0.1) is 0 Å². The van der Waals surface area contributed by atoms with Gasteiger partial charge in [-0.25, -0.2) is 35.1 Å². The summed E-state index contributed by atoms with van der Waals surface area (Å²) in [5.74, 6) is -2.64. The van der Waals surface area contributed by atoms with Crippen molar-refractivity contribution in [3.05, 3.63) is 24.7 Å². The molecule has 0 heterocycles. The lowest BCUT2D eigenvalue weighted by Gasteiger charge is -2.20. The summed E-state index contributed by atoms with van der Waals surface area (Å²) < 4.78 is 102. The van der Waals surface area contributed by atoms with Gasteiger partial charge in [-0.1, -0.05) is 13.2 Å². The number of hydrogen-bond acceptors (Lipinski definition) is 1. The Morgan fingerprint density at radius 2 is 0.895 bits per heavy atom. The van der Waals surface area contributed by atoms with Crippen molar-refractivity contribution in [3.8, 4) is 0 Å². The molecule has 0 aromatic heterocycles. The largest absolute Gasteiger partial charge is 0.461 e. The van der Waals surface area contributed by atoms with Crippen LogP contribution in [0.3, 0.4) is 0 Å². The molecular weight excluding hydrogens is 288 g/mol. The average Bonchev–Trinajstić information content (AvgIpc) is 2.34. The van der Waals surface area contributed by atoms with Crippen molar-refractivity contribution in [2.75, 3.05) is 0 Å². The number of halogens is 8. The molecular formula is C10H10F8O. The lowest BCUT2D eigenvalue weighted by atomic mass is 10.2. The van der Waals surface area contributed by atoms with E-state index in [1.807, 2.05) is 0 Å². The summed E-state index contributed by atoms with van der Waals surface area (Å²) in [7, 11) is 0. The van der Waals surface area contributed by atoms with E-state index in [1.54, 1.807) is 0 Å². The minimum Gasteiger partial charge on any atom is -0.461 e. The Bertz CT molecular complexity index is 289. The maximum atomic E-state index is 12.9. The normalized spacial score (nSPS) is 18.0. The van der Waals surface area contributed by atoms with Gasteiger partial charge in [0.1, 0.15) is 11.5 Å². The Morgan fingerprint density at radius 1 is 0.632 bits per heavy atom. The van der Waals surface area contributed by atoms with E-state index in [9.17, 15) is 35.1 Å². The van der Waals surface area contributed by atoms with E-state index < -0.39 is 49.1 Å². The van der Waals surface area contributed by atoms with E-state index in [-0.39, 0.29) is 0 Å². The Hall–Kier alpha value is -1.28. The molecule has 0 amide bonds. The van der Waals surface area contributed by atoms with Crippen LogP contribution in [0.4, 0.5) is 35.1 Å². The second-order valence-corrected chi connectivity index (χ2v) is 3.40. The van der Waals surface area contributed by atoms with Crippen molar-refractivity contribution < 1.29 is 39.9 Å². The van der Waals surface area contributed by atoms with Gasteiger partial charge in [-0.05, 0) is 0 Å². The van der Waals surface area contributed by atoms with Crippen molar-refractivity contribution in [1.82, 2.24) is 0 Å². The van der Waals surface area contributed by atoms with Crippen LogP contribution in [0.25, 0.3) is 0 Å². The molecule has 0 bridgehead atoms. The number of rotatable bonds is 8. The zero-order valence-electron chi connectivity index (χ0n) is 9.31. The van der Waals surface area contributed by atoms with Crippen LogP contribution in [0, 0.1) is 0 Å². The van der Waals surface area contributed by atoms with Gasteiger partial charge in [0.05, 0.1) is 0 Å². The van der Waals surface area contributed by atoms with Crippen molar-refractivity contribution >= 4 is 0 Å². The molecule has 0 aromatic carbocycles. The highest BCUT2D eigenvalue weighted by Gasteiger charge is 2.36. The third-order valence-electron chi connectivity index (χ3n) is 1.92. The molecule has 0 aliphatic rings. The molecule has 4 atom stereocenters. The first-order valence-corrected chi connectivity index (χ1v) is 4.77. The van der Waals surface area contributed by atoms with Gasteiger partial charge in [0, 0.05) is 0 Å². The van der Waals surface area contributed by atoms with Crippen LogP contribution in [0.5, 0.6) is 0 Å². The Morgan fingerprint density at radius 3 is 1.11 bits per heavy atom. The molecule has 4 unspecified atom stereocenters. The van der Waals surface area contributed by atoms with E-state index in [0.29, 0.717) is 0 Å². The monoisotopic (exact) mass is 298 g/mol. The van der Waals surface area contributed by atoms with Crippen LogP contribution >= 0.6 is 0 Å². The zero-order valence-corrected chi connectivity index (χ0v) is 9.31. The fourth-order valence-corrected chi connectivity index (χ4v) is 0.892. The molecule has 0 radical (unpaired) electrons. The molecule has 0 saturated heterocycles. The maximum absolute atomic E-state index is 12.9. The van der Waals surface area contributed by atoms with Gasteiger partial charge in [0.2, 0.25) is 0 Å². The second kappa shape index (κ2) is 7.34. The smallest absolute Gasteiger partial charge is 0.272 e. The predicted octanol–water partition coefficient (Wildman–Crippen LogP) is 3.91. The first-order chi connectivity index (χ1) is 8.59. The number of allylic oxidation sites excluding steroid dienone is 2. The van der Waals surface area contributed by atoms with E-state index in [4.69, 9.17) is 0 Å². The molecule has 112 valence electrons. The van der Waals surface area contributed by atoms with Crippen molar-refractivity contribution in [2.45, 2.75) is 37.5 Å². The summed E-state index contributed by atoms with van der Waals surface area (Å²) in [4.78, 5) is 0. The molecule has 1 nitrogen and oxygen atoms in total. The van der Waals surface area contributed by atoms with E-state index in [0.717, 1.165) is 0 Å². The van der Waals surface area contributed by atoms with Gasteiger partial charge in [0.25, 0.3) is 12.9 Å². The second-order valence-electron chi connectivity index (χ2n) is 3.40. The molecule has 9 heteroatoms. The summed E-state index contributed by atoms with van der Waals surface area (Å²) in [5, 5.41) is 0. The Balaban J connectivity index is 4.53. The summed E-state index contributed by atoms with van der Waals surface area (Å²) in [6, 6.07) is 0. The molecule has 0 aromatic rings. The summed E-state index contributed by atoms with van der Waals surface area (Å²) in [6.45, 7) is 5.35. The summed E-state index contributed by atoms with van der Waals surface area (Å²) in [6.07, 6.45) is -20.1. The zero-order chi connectivity index (χ0) is 15.3. The van der Waals surface area contributed by atoms with Crippen LogP contribution in [0.2, 0.25) is 0 Å². The van der Waals surface area contributed by atoms with Gasteiger partial charge >= 0.3 is 0 Å². The summed E-state index contributed by atoms with van der Waals surface area (Å²) in [5.41, 5.74) is 0. The molecule has 0 aliphatic heterocycles. The van der Waals surface area contributed by atoms with Crippen LogP contribution in [0.1, 0.15) is 0 Å². The maximum Gasteiger partial charge on any atom is 0.272 e. The molecule has 0 fully saturated rings. The van der Waals surface area contributed by atoms with E-state index in [2.05, 4.69) is 17.9 Å². The average molecular weight is 298 g/mol. The van der Waals surface area contributed by atoms with Gasteiger partial charge in [0.15, 0.2) is 24.7 Å². The topological polar surface area (TPSA) is 9.23 Å². The fraction of sp³-hybridized carbons (Fsp3) is 0.600. The molecule has 0 rings (SSSR count). The number of ether oxygens (including phenoxy) is 1. The highest BCUT2D eigenvalue weighted by molar-refractivity contribution is 5.06. The fourth-order valence-electron chi connectivity index (χ4n) is 0.892. The number of alkyl halides is 8. The van der Waals surface area contributed by atoms with Crippen LogP contribution in [-0.4, -0.2) is 37.5 Å². The van der Waals surface area contributed by atoms with Crippen LogP contribution in [0.15, 0.2) is 24.7 Å². The quantitative estimate of drug-likeness (QED) is 0.487. The molecule has 19 heavy (non-hydrogen) atoms. The number of hydrogen-bond donors (Lipinski definition) is 0. The Labute approximate surface area is 103 Å². The standard InChI is InChI=1S/C10H10F8O/c1-3(5(11)7(13)9(15)16)19-4(2)6(12)8(14)10(17)18/h5-10H,1-2H2. The molecule has 0 spiro atoms.